The highest BCUT2D eigenvalue weighted by atomic mass is 32.1. The molecule has 0 aliphatic rings. The molecule has 2 aromatic rings. The van der Waals surface area contributed by atoms with Crippen LogP contribution < -0.4 is 11.1 Å². The minimum absolute atomic E-state index is 0.0381. The summed E-state index contributed by atoms with van der Waals surface area (Å²) in [7, 11) is 0. The van der Waals surface area contributed by atoms with Gasteiger partial charge in [-0.3, -0.25) is 19.6 Å². The number of aromatic amines is 2. The van der Waals surface area contributed by atoms with E-state index in [2.05, 4.69) is 9.97 Å². The Morgan fingerprint density at radius 1 is 0.929 bits per heavy atom. The first kappa shape index (κ1) is 8.83. The summed E-state index contributed by atoms with van der Waals surface area (Å²) in [6.07, 6.45) is 0. The van der Waals surface area contributed by atoms with Crippen LogP contribution in [-0.4, -0.2) is 9.97 Å². The highest BCUT2D eigenvalue weighted by molar-refractivity contribution is 7.71. The minimum atomic E-state index is -0.357. The Morgan fingerprint density at radius 3 is 1.79 bits per heavy atom. The third kappa shape index (κ3) is 1.38. The molecule has 0 spiro atoms. The molecular weight excluding hydrogens is 200 g/mol. The lowest BCUT2D eigenvalue weighted by Gasteiger charge is -1.85. The highest BCUT2D eigenvalue weighted by Gasteiger charge is 1.98. The normalized spacial score (nSPS) is 10.3. The standard InChI is InChI=1S/C9H6N2O2S/c12-7-5-3-1-2-4-6(5)8(13)11-9(14)10-7/h1-4H,(H2,10,11,12,13,14). The molecule has 0 unspecified atom stereocenters. The van der Waals surface area contributed by atoms with Crippen LogP contribution in [0.15, 0.2) is 33.9 Å². The molecule has 5 heteroatoms. The van der Waals surface area contributed by atoms with E-state index >= 15 is 0 Å². The summed E-state index contributed by atoms with van der Waals surface area (Å²) in [5, 5.41) is 0.676. The SMILES string of the molecule is O=c1[nH]c(=S)[nH]c(=O)c2ccccc12. The molecule has 0 amide bonds. The molecule has 1 heterocycles. The zero-order chi connectivity index (χ0) is 10.1. The smallest absolute Gasteiger partial charge is 0.258 e. The Hall–Kier alpha value is -1.75. The Kier molecular flexibility index (Phi) is 2.01. The molecule has 0 saturated heterocycles. The third-order valence-corrected chi connectivity index (χ3v) is 2.07. The van der Waals surface area contributed by atoms with Crippen molar-refractivity contribution in [3.63, 3.8) is 0 Å². The fraction of sp³-hybridized carbons (Fsp3) is 0. The molecule has 14 heavy (non-hydrogen) atoms. The minimum Gasteiger partial charge on any atom is -0.299 e. The number of benzene rings is 1. The van der Waals surface area contributed by atoms with Gasteiger partial charge in [-0.25, -0.2) is 0 Å². The van der Waals surface area contributed by atoms with Gasteiger partial charge in [0.15, 0.2) is 4.77 Å². The Labute approximate surface area is 83.2 Å². The zero-order valence-electron chi connectivity index (χ0n) is 7.03. The lowest BCUT2D eigenvalue weighted by atomic mass is 10.2. The monoisotopic (exact) mass is 206 g/mol. The van der Waals surface area contributed by atoms with Gasteiger partial charge in [-0.15, -0.1) is 0 Å². The molecule has 70 valence electrons. The van der Waals surface area contributed by atoms with Gasteiger partial charge in [0.05, 0.1) is 10.8 Å². The molecule has 4 nitrogen and oxygen atoms in total. The predicted molar refractivity (Wildman–Crippen MR) is 56.0 cm³/mol. The number of hydrogen-bond donors (Lipinski definition) is 2. The van der Waals surface area contributed by atoms with E-state index in [1.54, 1.807) is 24.3 Å². The van der Waals surface area contributed by atoms with Crippen molar-refractivity contribution in [2.45, 2.75) is 0 Å². The zero-order valence-corrected chi connectivity index (χ0v) is 7.85. The first-order chi connectivity index (χ1) is 6.68. The number of nitrogens with one attached hydrogen (secondary N) is 2. The van der Waals surface area contributed by atoms with Crippen LogP contribution in [0.4, 0.5) is 0 Å². The maximum Gasteiger partial charge on any atom is 0.258 e. The van der Waals surface area contributed by atoms with Crippen LogP contribution in [-0.2, 0) is 0 Å². The summed E-state index contributed by atoms with van der Waals surface area (Å²) in [5.41, 5.74) is -0.715. The summed E-state index contributed by atoms with van der Waals surface area (Å²) in [5.74, 6) is 0. The summed E-state index contributed by atoms with van der Waals surface area (Å²) in [6, 6.07) is 6.55. The van der Waals surface area contributed by atoms with Gasteiger partial charge >= 0.3 is 0 Å². The molecule has 0 aliphatic heterocycles. The van der Waals surface area contributed by atoms with E-state index in [1.807, 2.05) is 0 Å². The molecule has 1 aromatic carbocycles. The maximum atomic E-state index is 11.5. The van der Waals surface area contributed by atoms with Crippen molar-refractivity contribution in [1.82, 2.24) is 9.97 Å². The van der Waals surface area contributed by atoms with E-state index in [0.717, 1.165) is 0 Å². The summed E-state index contributed by atoms with van der Waals surface area (Å²) >= 11 is 4.73. The van der Waals surface area contributed by atoms with Crippen molar-refractivity contribution in [3.05, 3.63) is 49.7 Å². The number of rotatable bonds is 0. The second-order valence-corrected chi connectivity index (χ2v) is 3.19. The van der Waals surface area contributed by atoms with Crippen molar-refractivity contribution in [2.24, 2.45) is 0 Å². The first-order valence-corrected chi connectivity index (χ1v) is 4.35. The van der Waals surface area contributed by atoms with Crippen LogP contribution >= 0.6 is 12.2 Å². The second-order valence-electron chi connectivity index (χ2n) is 2.78. The van der Waals surface area contributed by atoms with E-state index in [0.29, 0.717) is 10.8 Å². The molecule has 0 aliphatic carbocycles. The summed E-state index contributed by atoms with van der Waals surface area (Å²) in [6.45, 7) is 0. The van der Waals surface area contributed by atoms with Gasteiger partial charge in [0.1, 0.15) is 0 Å². The van der Waals surface area contributed by atoms with Gasteiger partial charge in [-0.1, -0.05) is 12.1 Å². The average Bonchev–Trinajstić information content (AvgIpc) is 2.26. The third-order valence-electron chi connectivity index (χ3n) is 1.87. The molecule has 0 atom stereocenters. The quantitative estimate of drug-likeness (QED) is 0.630. The van der Waals surface area contributed by atoms with Crippen LogP contribution in [0.1, 0.15) is 0 Å². The number of hydrogen-bond acceptors (Lipinski definition) is 3. The predicted octanol–water partition coefficient (Wildman–Crippen LogP) is 0.946. The molecule has 2 N–H and O–H groups in total. The van der Waals surface area contributed by atoms with E-state index in [1.165, 1.54) is 0 Å². The molecule has 1 aromatic heterocycles. The van der Waals surface area contributed by atoms with Crippen molar-refractivity contribution in [1.29, 1.82) is 0 Å². The molecule has 0 radical (unpaired) electrons. The fourth-order valence-corrected chi connectivity index (χ4v) is 1.44. The van der Waals surface area contributed by atoms with Crippen LogP contribution in [0.3, 0.4) is 0 Å². The van der Waals surface area contributed by atoms with Crippen molar-refractivity contribution in [2.75, 3.05) is 0 Å². The lowest BCUT2D eigenvalue weighted by Crippen LogP contribution is -2.03. The Morgan fingerprint density at radius 2 is 1.36 bits per heavy atom. The fourth-order valence-electron chi connectivity index (χ4n) is 1.25. The summed E-state index contributed by atoms with van der Waals surface area (Å²) in [4.78, 5) is 27.7. The van der Waals surface area contributed by atoms with Gasteiger partial charge in [0.25, 0.3) is 11.1 Å². The Bertz CT molecular complexity index is 602. The lowest BCUT2D eigenvalue weighted by molar-refractivity contribution is 1.13. The highest BCUT2D eigenvalue weighted by Crippen LogP contribution is 2.00. The largest absolute Gasteiger partial charge is 0.299 e. The first-order valence-electron chi connectivity index (χ1n) is 3.94. The second kappa shape index (κ2) is 3.19. The molecule has 0 saturated carbocycles. The topological polar surface area (TPSA) is 65.7 Å². The average molecular weight is 206 g/mol. The van der Waals surface area contributed by atoms with Gasteiger partial charge in [-0.05, 0) is 24.4 Å². The van der Waals surface area contributed by atoms with E-state index in [9.17, 15) is 9.59 Å². The molecule has 0 fully saturated rings. The number of aromatic nitrogens is 2. The van der Waals surface area contributed by atoms with Crippen molar-refractivity contribution < 1.29 is 0 Å². The number of H-pyrrole nitrogens is 2. The van der Waals surface area contributed by atoms with Crippen molar-refractivity contribution >= 4 is 23.0 Å². The van der Waals surface area contributed by atoms with Gasteiger partial charge in [0, 0.05) is 0 Å². The number of fused-ring (bicyclic) bond motifs is 1. The van der Waals surface area contributed by atoms with E-state index in [4.69, 9.17) is 12.2 Å². The van der Waals surface area contributed by atoms with E-state index in [-0.39, 0.29) is 15.9 Å². The molecule has 2 rings (SSSR count). The van der Waals surface area contributed by atoms with Crippen molar-refractivity contribution in [3.8, 4) is 0 Å². The van der Waals surface area contributed by atoms with Gasteiger partial charge in [0.2, 0.25) is 0 Å². The van der Waals surface area contributed by atoms with E-state index < -0.39 is 0 Å². The van der Waals surface area contributed by atoms with Crippen LogP contribution in [0, 0.1) is 4.77 Å². The van der Waals surface area contributed by atoms with Crippen LogP contribution in [0.2, 0.25) is 0 Å². The molecular formula is C9H6N2O2S. The van der Waals surface area contributed by atoms with Crippen LogP contribution in [0.5, 0.6) is 0 Å². The van der Waals surface area contributed by atoms with Gasteiger partial charge in [-0.2, -0.15) is 0 Å². The van der Waals surface area contributed by atoms with Crippen LogP contribution in [0.25, 0.3) is 10.8 Å². The maximum absolute atomic E-state index is 11.5. The van der Waals surface area contributed by atoms with Gasteiger partial charge < -0.3 is 0 Å². The molecule has 0 bridgehead atoms. The Balaban J connectivity index is 3.26. The summed E-state index contributed by atoms with van der Waals surface area (Å²) < 4.78 is 0.0381.